The maximum Gasteiger partial charge on any atom is 0.256 e. The molecule has 0 saturated heterocycles. The molecule has 5 heteroatoms. The van der Waals surface area contributed by atoms with Crippen LogP contribution in [0.2, 0.25) is 0 Å². The third-order valence-corrected chi connectivity index (χ3v) is 5.16. The molecular weight excluding hydrogens is 394 g/mol. The number of hydrogen-bond acceptors (Lipinski definition) is 2. The highest BCUT2D eigenvalue weighted by molar-refractivity contribution is 6.10. The molecule has 1 aromatic heterocycles. The number of rotatable bonds is 4. The Morgan fingerprint density at radius 3 is 2.23 bits per heavy atom. The summed E-state index contributed by atoms with van der Waals surface area (Å²) in [6.07, 6.45) is 1.68. The summed E-state index contributed by atoms with van der Waals surface area (Å²) in [4.78, 5) is 17.6. The molecule has 0 aliphatic carbocycles. The van der Waals surface area contributed by atoms with Gasteiger partial charge in [-0.25, -0.2) is 8.78 Å². The highest BCUT2D eigenvalue weighted by Crippen LogP contribution is 2.31. The standard InChI is InChI=1S/C26H20F2N2O/c1-16-10-11-17(2)25(24(16)23-9-5-6-14-29-23)26(31)30-18-12-13-20(22(28)15-18)19-7-3-4-8-21(19)27/h3-15H,1-2H3,(H,30,31). The number of pyridine rings is 1. The molecule has 0 atom stereocenters. The second kappa shape index (κ2) is 8.48. The summed E-state index contributed by atoms with van der Waals surface area (Å²) in [6, 6.07) is 19.6. The van der Waals surface area contributed by atoms with E-state index >= 15 is 0 Å². The van der Waals surface area contributed by atoms with E-state index in [1.165, 1.54) is 24.3 Å². The normalized spacial score (nSPS) is 10.7. The molecule has 4 aromatic rings. The van der Waals surface area contributed by atoms with Gasteiger partial charge in [0.05, 0.1) is 11.3 Å². The molecule has 154 valence electrons. The smallest absolute Gasteiger partial charge is 0.256 e. The Labute approximate surface area is 179 Å². The van der Waals surface area contributed by atoms with Crippen LogP contribution in [-0.4, -0.2) is 10.9 Å². The lowest BCUT2D eigenvalue weighted by molar-refractivity contribution is 0.102. The fourth-order valence-electron chi connectivity index (χ4n) is 3.63. The molecule has 0 bridgehead atoms. The van der Waals surface area contributed by atoms with Crippen molar-refractivity contribution in [3.8, 4) is 22.4 Å². The fourth-order valence-corrected chi connectivity index (χ4v) is 3.63. The van der Waals surface area contributed by atoms with Gasteiger partial charge >= 0.3 is 0 Å². The number of amides is 1. The van der Waals surface area contributed by atoms with Gasteiger partial charge in [0.1, 0.15) is 11.6 Å². The average Bonchev–Trinajstić information content (AvgIpc) is 2.76. The lowest BCUT2D eigenvalue weighted by atomic mass is 9.94. The van der Waals surface area contributed by atoms with E-state index < -0.39 is 11.6 Å². The third-order valence-electron chi connectivity index (χ3n) is 5.16. The highest BCUT2D eigenvalue weighted by atomic mass is 19.1. The van der Waals surface area contributed by atoms with Gasteiger partial charge in [0.2, 0.25) is 0 Å². The van der Waals surface area contributed by atoms with Crippen LogP contribution in [0.4, 0.5) is 14.5 Å². The summed E-state index contributed by atoms with van der Waals surface area (Å²) in [5.74, 6) is -1.48. The topological polar surface area (TPSA) is 42.0 Å². The van der Waals surface area contributed by atoms with Crippen molar-refractivity contribution >= 4 is 11.6 Å². The average molecular weight is 414 g/mol. The van der Waals surface area contributed by atoms with Gasteiger partial charge < -0.3 is 5.32 Å². The van der Waals surface area contributed by atoms with Gasteiger partial charge in [0.25, 0.3) is 5.91 Å². The Bertz CT molecular complexity index is 1270. The van der Waals surface area contributed by atoms with Crippen LogP contribution in [0.5, 0.6) is 0 Å². The molecule has 1 N–H and O–H groups in total. The van der Waals surface area contributed by atoms with E-state index in [1.54, 1.807) is 24.4 Å². The number of carbonyl (C=O) groups excluding carboxylic acids is 1. The molecule has 3 aromatic carbocycles. The number of anilines is 1. The summed E-state index contributed by atoms with van der Waals surface area (Å²) >= 11 is 0. The number of aromatic nitrogens is 1. The Hall–Kier alpha value is -3.86. The van der Waals surface area contributed by atoms with Crippen molar-refractivity contribution in [3.05, 3.63) is 107 Å². The molecule has 0 saturated carbocycles. The van der Waals surface area contributed by atoms with Gasteiger partial charge in [-0.15, -0.1) is 0 Å². The SMILES string of the molecule is Cc1ccc(C)c(-c2ccccn2)c1C(=O)Nc1ccc(-c2ccccc2F)c(F)c1. The largest absolute Gasteiger partial charge is 0.322 e. The Kier molecular flexibility index (Phi) is 5.58. The number of nitrogens with zero attached hydrogens (tertiary/aromatic N) is 1. The van der Waals surface area contributed by atoms with Crippen LogP contribution in [0.1, 0.15) is 21.5 Å². The zero-order valence-corrected chi connectivity index (χ0v) is 17.1. The summed E-state index contributed by atoms with van der Waals surface area (Å²) in [6.45, 7) is 3.77. The Morgan fingerprint density at radius 1 is 0.806 bits per heavy atom. The van der Waals surface area contributed by atoms with Crippen LogP contribution < -0.4 is 5.32 Å². The highest BCUT2D eigenvalue weighted by Gasteiger charge is 2.19. The van der Waals surface area contributed by atoms with Gasteiger partial charge in [-0.1, -0.05) is 36.4 Å². The van der Waals surface area contributed by atoms with E-state index in [0.717, 1.165) is 16.7 Å². The van der Waals surface area contributed by atoms with Crippen LogP contribution in [0.3, 0.4) is 0 Å². The lowest BCUT2D eigenvalue weighted by Gasteiger charge is -2.16. The van der Waals surface area contributed by atoms with Crippen molar-refractivity contribution in [1.29, 1.82) is 0 Å². The van der Waals surface area contributed by atoms with E-state index in [4.69, 9.17) is 0 Å². The summed E-state index contributed by atoms with van der Waals surface area (Å²) in [5, 5.41) is 2.77. The zero-order valence-electron chi connectivity index (χ0n) is 17.1. The number of aryl methyl sites for hydroxylation is 2. The number of halogens is 2. The van der Waals surface area contributed by atoms with Crippen molar-refractivity contribution in [2.45, 2.75) is 13.8 Å². The quantitative estimate of drug-likeness (QED) is 0.411. The van der Waals surface area contributed by atoms with Crippen LogP contribution in [-0.2, 0) is 0 Å². The van der Waals surface area contributed by atoms with E-state index in [9.17, 15) is 13.6 Å². The molecule has 1 amide bonds. The van der Waals surface area contributed by atoms with Crippen LogP contribution >= 0.6 is 0 Å². The van der Waals surface area contributed by atoms with Crippen molar-refractivity contribution in [3.63, 3.8) is 0 Å². The van der Waals surface area contributed by atoms with E-state index in [2.05, 4.69) is 10.3 Å². The molecule has 1 heterocycles. The van der Waals surface area contributed by atoms with Crippen LogP contribution in [0.15, 0.2) is 79.0 Å². The molecule has 0 radical (unpaired) electrons. The number of hydrogen-bond donors (Lipinski definition) is 1. The third kappa shape index (κ3) is 4.08. The second-order valence-electron chi connectivity index (χ2n) is 7.29. The number of carbonyl (C=O) groups is 1. The van der Waals surface area contributed by atoms with Gasteiger partial charge in [0, 0.05) is 28.6 Å². The number of benzene rings is 3. The molecule has 31 heavy (non-hydrogen) atoms. The van der Waals surface area contributed by atoms with Crippen LogP contribution in [0.25, 0.3) is 22.4 Å². The molecule has 0 aliphatic heterocycles. The first kappa shape index (κ1) is 20.4. The maximum atomic E-state index is 14.7. The van der Waals surface area contributed by atoms with Crippen molar-refractivity contribution in [1.82, 2.24) is 4.98 Å². The predicted molar refractivity (Wildman–Crippen MR) is 119 cm³/mol. The first-order chi connectivity index (χ1) is 15.0. The first-order valence-electron chi connectivity index (χ1n) is 9.83. The maximum absolute atomic E-state index is 14.7. The monoisotopic (exact) mass is 414 g/mol. The number of nitrogens with one attached hydrogen (secondary N) is 1. The zero-order chi connectivity index (χ0) is 22.0. The first-order valence-corrected chi connectivity index (χ1v) is 9.83. The molecular formula is C26H20F2N2O. The minimum absolute atomic E-state index is 0.136. The molecule has 0 unspecified atom stereocenters. The van der Waals surface area contributed by atoms with Crippen molar-refractivity contribution < 1.29 is 13.6 Å². The lowest BCUT2D eigenvalue weighted by Crippen LogP contribution is -2.16. The van der Waals surface area contributed by atoms with Gasteiger partial charge in [-0.3, -0.25) is 9.78 Å². The molecule has 0 aliphatic rings. The Morgan fingerprint density at radius 2 is 1.52 bits per heavy atom. The van der Waals surface area contributed by atoms with E-state index in [-0.39, 0.29) is 22.7 Å². The molecule has 4 rings (SSSR count). The van der Waals surface area contributed by atoms with Crippen molar-refractivity contribution in [2.75, 3.05) is 5.32 Å². The Balaban J connectivity index is 1.69. The van der Waals surface area contributed by atoms with Crippen LogP contribution in [0, 0.1) is 25.5 Å². The van der Waals surface area contributed by atoms with E-state index in [1.807, 2.05) is 44.2 Å². The molecule has 3 nitrogen and oxygen atoms in total. The summed E-state index contributed by atoms with van der Waals surface area (Å²) in [7, 11) is 0. The predicted octanol–water partition coefficient (Wildman–Crippen LogP) is 6.56. The summed E-state index contributed by atoms with van der Waals surface area (Å²) in [5.41, 5.74) is 4.20. The van der Waals surface area contributed by atoms with E-state index in [0.29, 0.717) is 11.3 Å². The van der Waals surface area contributed by atoms with Gasteiger partial charge in [-0.05, 0) is 61.4 Å². The minimum Gasteiger partial charge on any atom is -0.322 e. The van der Waals surface area contributed by atoms with Gasteiger partial charge in [-0.2, -0.15) is 0 Å². The van der Waals surface area contributed by atoms with Gasteiger partial charge in [0.15, 0.2) is 0 Å². The van der Waals surface area contributed by atoms with Crippen molar-refractivity contribution in [2.24, 2.45) is 0 Å². The fraction of sp³-hybridized carbons (Fsp3) is 0.0769. The second-order valence-corrected chi connectivity index (χ2v) is 7.29. The summed E-state index contributed by atoms with van der Waals surface area (Å²) < 4.78 is 28.8. The molecule has 0 fully saturated rings. The molecule has 0 spiro atoms. The minimum atomic E-state index is -0.617.